The average Bonchev–Trinajstić information content (AvgIpc) is 2.61. The first kappa shape index (κ1) is 10.3. The van der Waals surface area contributed by atoms with Crippen molar-refractivity contribution in [1.82, 2.24) is 4.90 Å². The lowest BCUT2D eigenvalue weighted by atomic mass is 10.0. The van der Waals surface area contributed by atoms with Gasteiger partial charge in [-0.25, -0.2) is 0 Å². The fourth-order valence-electron chi connectivity index (χ4n) is 2.70. The highest BCUT2D eigenvalue weighted by molar-refractivity contribution is 5.05. The molecule has 14 heavy (non-hydrogen) atoms. The molecule has 5 nitrogen and oxygen atoms in total. The number of aliphatic hydroxyl groups is 4. The quantitative estimate of drug-likeness (QED) is 0.413. The molecule has 0 radical (unpaired) electrons. The summed E-state index contributed by atoms with van der Waals surface area (Å²) in [6.07, 6.45) is -1.03. The maximum atomic E-state index is 9.70. The summed E-state index contributed by atoms with van der Waals surface area (Å²) >= 11 is 0. The molecule has 0 aromatic heterocycles. The summed E-state index contributed by atoms with van der Waals surface area (Å²) in [5, 5.41) is 37.7. The largest absolute Gasteiger partial charge is 0.396 e. The van der Waals surface area contributed by atoms with Gasteiger partial charge >= 0.3 is 0 Å². The molecule has 0 spiro atoms. The van der Waals surface area contributed by atoms with Gasteiger partial charge in [-0.3, -0.25) is 4.90 Å². The van der Waals surface area contributed by atoms with E-state index < -0.39 is 18.3 Å². The van der Waals surface area contributed by atoms with Gasteiger partial charge in [-0.05, 0) is 12.8 Å². The van der Waals surface area contributed by atoms with Gasteiger partial charge < -0.3 is 20.4 Å². The van der Waals surface area contributed by atoms with E-state index in [1.807, 2.05) is 4.90 Å². The van der Waals surface area contributed by atoms with Gasteiger partial charge in [0.05, 0.1) is 18.3 Å². The van der Waals surface area contributed by atoms with E-state index in [1.165, 1.54) is 0 Å². The minimum absolute atomic E-state index is 0.00619. The molecular formula is C9H17NO4. The molecule has 0 aromatic carbocycles. The number of nitrogens with zero attached hydrogens (tertiary/aromatic N) is 1. The van der Waals surface area contributed by atoms with Crippen LogP contribution in [0.1, 0.15) is 12.8 Å². The Bertz CT molecular complexity index is 211. The van der Waals surface area contributed by atoms with Gasteiger partial charge in [0.2, 0.25) is 0 Å². The molecule has 0 amide bonds. The highest BCUT2D eigenvalue weighted by atomic mass is 16.3. The van der Waals surface area contributed by atoms with Crippen LogP contribution in [0.15, 0.2) is 0 Å². The highest BCUT2D eigenvalue weighted by Gasteiger charge is 2.51. The van der Waals surface area contributed by atoms with Crippen LogP contribution in [0, 0.1) is 0 Å². The Morgan fingerprint density at radius 3 is 2.50 bits per heavy atom. The Balaban J connectivity index is 2.10. The molecule has 5 atom stereocenters. The van der Waals surface area contributed by atoms with E-state index in [2.05, 4.69) is 0 Å². The molecule has 2 fully saturated rings. The lowest BCUT2D eigenvalue weighted by Gasteiger charge is -2.23. The average molecular weight is 203 g/mol. The Kier molecular flexibility index (Phi) is 2.77. The van der Waals surface area contributed by atoms with Crippen molar-refractivity contribution >= 4 is 0 Å². The number of rotatable bonds is 2. The zero-order valence-electron chi connectivity index (χ0n) is 7.95. The molecule has 2 aliphatic rings. The summed E-state index contributed by atoms with van der Waals surface area (Å²) in [6, 6.07) is -0.353. The second-order valence-corrected chi connectivity index (χ2v) is 4.21. The third-order valence-corrected chi connectivity index (χ3v) is 3.35. The van der Waals surface area contributed by atoms with E-state index in [0.29, 0.717) is 19.4 Å². The van der Waals surface area contributed by atoms with Crippen molar-refractivity contribution in [2.45, 2.75) is 43.2 Å². The third kappa shape index (κ3) is 1.45. The lowest BCUT2D eigenvalue weighted by Crippen LogP contribution is -2.38. The van der Waals surface area contributed by atoms with E-state index in [4.69, 9.17) is 5.11 Å². The van der Waals surface area contributed by atoms with Gasteiger partial charge in [0.1, 0.15) is 0 Å². The van der Waals surface area contributed by atoms with Crippen molar-refractivity contribution in [3.8, 4) is 0 Å². The van der Waals surface area contributed by atoms with Crippen LogP contribution in [0.2, 0.25) is 0 Å². The van der Waals surface area contributed by atoms with Crippen molar-refractivity contribution in [3.05, 3.63) is 0 Å². The molecule has 0 bridgehead atoms. The van der Waals surface area contributed by atoms with Gasteiger partial charge in [0.15, 0.2) is 0 Å². The predicted molar refractivity (Wildman–Crippen MR) is 48.6 cm³/mol. The first-order valence-electron chi connectivity index (χ1n) is 5.06. The van der Waals surface area contributed by atoms with Crippen molar-refractivity contribution in [3.63, 3.8) is 0 Å². The SMILES string of the molecule is OCC[C@H]1[C@H](O)[C@H](O)[C@H]2C[C@@H](O)CN21. The van der Waals surface area contributed by atoms with Crippen LogP contribution < -0.4 is 0 Å². The van der Waals surface area contributed by atoms with Crippen molar-refractivity contribution < 1.29 is 20.4 Å². The van der Waals surface area contributed by atoms with Crippen LogP contribution in [-0.4, -0.2) is 68.9 Å². The lowest BCUT2D eigenvalue weighted by molar-refractivity contribution is 0.0158. The Labute approximate surface area is 82.6 Å². The summed E-state index contributed by atoms with van der Waals surface area (Å²) in [7, 11) is 0. The van der Waals surface area contributed by atoms with Crippen molar-refractivity contribution in [2.24, 2.45) is 0 Å². The van der Waals surface area contributed by atoms with Gasteiger partial charge in [-0.15, -0.1) is 0 Å². The number of aliphatic hydroxyl groups excluding tert-OH is 4. The first-order chi connectivity index (χ1) is 6.65. The highest BCUT2D eigenvalue weighted by Crippen LogP contribution is 2.34. The minimum atomic E-state index is -0.792. The molecule has 0 aromatic rings. The minimum Gasteiger partial charge on any atom is -0.396 e. The maximum absolute atomic E-state index is 9.70. The smallest absolute Gasteiger partial charge is 0.0970 e. The van der Waals surface area contributed by atoms with Gasteiger partial charge in [-0.1, -0.05) is 0 Å². The normalized spacial score (nSPS) is 48.4. The molecular weight excluding hydrogens is 186 g/mol. The molecule has 5 heteroatoms. The summed E-state index contributed by atoms with van der Waals surface area (Å²) in [4.78, 5) is 1.91. The van der Waals surface area contributed by atoms with E-state index in [0.717, 1.165) is 0 Å². The summed E-state index contributed by atoms with van der Waals surface area (Å²) < 4.78 is 0. The molecule has 4 N–H and O–H groups in total. The Morgan fingerprint density at radius 2 is 1.86 bits per heavy atom. The summed E-state index contributed by atoms with van der Waals surface area (Å²) in [6.45, 7) is 0.483. The van der Waals surface area contributed by atoms with Crippen LogP contribution in [0.5, 0.6) is 0 Å². The second kappa shape index (κ2) is 3.75. The molecule has 0 unspecified atom stereocenters. The van der Waals surface area contributed by atoms with Gasteiger partial charge in [0, 0.05) is 25.2 Å². The van der Waals surface area contributed by atoms with Crippen LogP contribution in [0.25, 0.3) is 0 Å². The van der Waals surface area contributed by atoms with Crippen LogP contribution in [-0.2, 0) is 0 Å². The Hall–Kier alpha value is -0.200. The fraction of sp³-hybridized carbons (Fsp3) is 1.00. The van der Waals surface area contributed by atoms with Crippen LogP contribution >= 0.6 is 0 Å². The predicted octanol–water partition coefficient (Wildman–Crippen LogP) is -2.09. The van der Waals surface area contributed by atoms with Gasteiger partial charge in [0.25, 0.3) is 0 Å². The molecule has 82 valence electrons. The molecule has 2 saturated heterocycles. The van der Waals surface area contributed by atoms with E-state index in [1.54, 1.807) is 0 Å². The fourth-order valence-corrected chi connectivity index (χ4v) is 2.70. The van der Waals surface area contributed by atoms with Crippen molar-refractivity contribution in [2.75, 3.05) is 13.2 Å². The topological polar surface area (TPSA) is 84.2 Å². The molecule has 0 aliphatic carbocycles. The van der Waals surface area contributed by atoms with E-state index in [-0.39, 0.29) is 18.7 Å². The zero-order chi connectivity index (χ0) is 10.3. The molecule has 2 heterocycles. The van der Waals surface area contributed by atoms with E-state index >= 15 is 0 Å². The maximum Gasteiger partial charge on any atom is 0.0970 e. The summed E-state index contributed by atoms with van der Waals surface area (Å²) in [5.74, 6) is 0. The number of fused-ring (bicyclic) bond motifs is 1. The Morgan fingerprint density at radius 1 is 1.14 bits per heavy atom. The number of hydrogen-bond acceptors (Lipinski definition) is 5. The third-order valence-electron chi connectivity index (χ3n) is 3.35. The number of hydrogen-bond donors (Lipinski definition) is 4. The van der Waals surface area contributed by atoms with Gasteiger partial charge in [-0.2, -0.15) is 0 Å². The van der Waals surface area contributed by atoms with Crippen LogP contribution in [0.3, 0.4) is 0 Å². The van der Waals surface area contributed by atoms with Crippen molar-refractivity contribution in [1.29, 1.82) is 0 Å². The first-order valence-corrected chi connectivity index (χ1v) is 5.06. The van der Waals surface area contributed by atoms with E-state index in [9.17, 15) is 15.3 Å². The standard InChI is InChI=1S/C9H17NO4/c11-2-1-6-8(13)9(14)7-3-5(12)4-10(6)7/h5-9,11-14H,1-4H2/t5-,6+,7-,8+,9-/m1/s1. The molecule has 0 saturated carbocycles. The zero-order valence-corrected chi connectivity index (χ0v) is 7.95. The van der Waals surface area contributed by atoms with Crippen LogP contribution in [0.4, 0.5) is 0 Å². The molecule has 2 rings (SSSR count). The molecule has 2 aliphatic heterocycles. The monoisotopic (exact) mass is 203 g/mol. The summed E-state index contributed by atoms with van der Waals surface area (Å²) in [5.41, 5.74) is 0. The second-order valence-electron chi connectivity index (χ2n) is 4.21.